The predicted molar refractivity (Wildman–Crippen MR) is 78.1 cm³/mol. The van der Waals surface area contributed by atoms with Crippen LogP contribution >= 0.6 is 0 Å². The molecule has 0 saturated carbocycles. The largest absolute Gasteiger partial charge is 0.488 e. The van der Waals surface area contributed by atoms with E-state index < -0.39 is 0 Å². The third kappa shape index (κ3) is 3.02. The number of carbonyl (C=O) groups is 1. The number of likely N-dealkylation sites (tertiary alicyclic amines) is 1. The van der Waals surface area contributed by atoms with Gasteiger partial charge in [-0.05, 0) is 31.2 Å². The van der Waals surface area contributed by atoms with E-state index >= 15 is 0 Å². The van der Waals surface area contributed by atoms with Gasteiger partial charge < -0.3 is 9.64 Å². The van der Waals surface area contributed by atoms with Gasteiger partial charge in [0.05, 0.1) is 12.1 Å². The van der Waals surface area contributed by atoms with Crippen molar-refractivity contribution in [2.24, 2.45) is 0 Å². The molecule has 0 N–H and O–H groups in total. The zero-order chi connectivity index (χ0) is 14.7. The van der Waals surface area contributed by atoms with Crippen LogP contribution < -0.4 is 4.74 Å². The standard InChI is InChI=1S/C16H17N3O2/c1-12-15(3-2-7-18-12)16(20)19-10-6-14(11-19)21-13-4-8-17-9-5-13/h2-5,7-9,14H,6,10-11H2,1H3/t14-/m0/s1. The average molecular weight is 283 g/mol. The molecule has 0 bridgehead atoms. The van der Waals surface area contributed by atoms with E-state index in [1.54, 1.807) is 24.7 Å². The van der Waals surface area contributed by atoms with E-state index in [0.29, 0.717) is 18.7 Å². The predicted octanol–water partition coefficient (Wildman–Crippen LogP) is 2.08. The lowest BCUT2D eigenvalue weighted by Gasteiger charge is -2.18. The van der Waals surface area contributed by atoms with E-state index in [2.05, 4.69) is 9.97 Å². The number of carbonyl (C=O) groups excluding carboxylic acids is 1. The van der Waals surface area contributed by atoms with E-state index in [0.717, 1.165) is 17.9 Å². The van der Waals surface area contributed by atoms with Crippen LogP contribution in [0.3, 0.4) is 0 Å². The van der Waals surface area contributed by atoms with Crippen molar-refractivity contribution in [3.63, 3.8) is 0 Å². The number of hydrogen-bond acceptors (Lipinski definition) is 4. The number of pyridine rings is 2. The van der Waals surface area contributed by atoms with Crippen molar-refractivity contribution < 1.29 is 9.53 Å². The molecule has 5 heteroatoms. The highest BCUT2D eigenvalue weighted by Crippen LogP contribution is 2.19. The lowest BCUT2D eigenvalue weighted by Crippen LogP contribution is -2.31. The molecule has 1 fully saturated rings. The molecule has 5 nitrogen and oxygen atoms in total. The molecule has 1 aliphatic heterocycles. The van der Waals surface area contributed by atoms with Gasteiger partial charge in [-0.2, -0.15) is 0 Å². The Morgan fingerprint density at radius 2 is 2.10 bits per heavy atom. The fourth-order valence-electron chi connectivity index (χ4n) is 2.50. The topological polar surface area (TPSA) is 55.3 Å². The SMILES string of the molecule is Cc1ncccc1C(=O)N1CC[C@H](Oc2ccncc2)C1. The van der Waals surface area contributed by atoms with Gasteiger partial charge in [-0.15, -0.1) is 0 Å². The molecule has 0 radical (unpaired) electrons. The normalized spacial score (nSPS) is 17.8. The van der Waals surface area contributed by atoms with Crippen molar-refractivity contribution in [1.29, 1.82) is 0 Å². The van der Waals surface area contributed by atoms with Crippen LogP contribution in [0, 0.1) is 6.92 Å². The Morgan fingerprint density at radius 1 is 1.29 bits per heavy atom. The van der Waals surface area contributed by atoms with Crippen LogP contribution in [-0.4, -0.2) is 40.0 Å². The van der Waals surface area contributed by atoms with Crippen LogP contribution in [0.25, 0.3) is 0 Å². The molecule has 1 saturated heterocycles. The van der Waals surface area contributed by atoms with E-state index in [-0.39, 0.29) is 12.0 Å². The quantitative estimate of drug-likeness (QED) is 0.865. The fraction of sp³-hybridized carbons (Fsp3) is 0.312. The van der Waals surface area contributed by atoms with Crippen molar-refractivity contribution >= 4 is 5.91 Å². The average Bonchev–Trinajstić information content (AvgIpc) is 2.97. The molecule has 0 spiro atoms. The summed E-state index contributed by atoms with van der Waals surface area (Å²) in [7, 11) is 0. The third-order valence-electron chi connectivity index (χ3n) is 3.62. The summed E-state index contributed by atoms with van der Waals surface area (Å²) in [5, 5.41) is 0. The van der Waals surface area contributed by atoms with Crippen LogP contribution in [-0.2, 0) is 0 Å². The van der Waals surface area contributed by atoms with Crippen molar-refractivity contribution in [3.05, 3.63) is 54.1 Å². The Morgan fingerprint density at radius 3 is 2.86 bits per heavy atom. The van der Waals surface area contributed by atoms with Crippen molar-refractivity contribution in [1.82, 2.24) is 14.9 Å². The third-order valence-corrected chi connectivity index (χ3v) is 3.62. The van der Waals surface area contributed by atoms with Crippen molar-refractivity contribution in [2.75, 3.05) is 13.1 Å². The van der Waals surface area contributed by atoms with E-state index in [1.165, 1.54) is 0 Å². The number of hydrogen-bond donors (Lipinski definition) is 0. The molecule has 0 aliphatic carbocycles. The monoisotopic (exact) mass is 283 g/mol. The molecular weight excluding hydrogens is 266 g/mol. The number of amides is 1. The number of ether oxygens (including phenoxy) is 1. The Kier molecular flexibility index (Phi) is 3.81. The summed E-state index contributed by atoms with van der Waals surface area (Å²) in [6, 6.07) is 7.27. The van der Waals surface area contributed by atoms with Gasteiger partial charge in [-0.1, -0.05) is 0 Å². The second kappa shape index (κ2) is 5.91. The summed E-state index contributed by atoms with van der Waals surface area (Å²) < 4.78 is 5.87. The Bertz CT molecular complexity index is 630. The molecule has 3 rings (SSSR count). The summed E-state index contributed by atoms with van der Waals surface area (Å²) in [5.41, 5.74) is 1.43. The second-order valence-corrected chi connectivity index (χ2v) is 5.10. The zero-order valence-electron chi connectivity index (χ0n) is 11.9. The maximum Gasteiger partial charge on any atom is 0.255 e. The number of nitrogens with zero attached hydrogens (tertiary/aromatic N) is 3. The van der Waals surface area contributed by atoms with Crippen molar-refractivity contribution in [3.8, 4) is 5.75 Å². The smallest absolute Gasteiger partial charge is 0.255 e. The lowest BCUT2D eigenvalue weighted by molar-refractivity contribution is 0.0771. The van der Waals surface area contributed by atoms with Gasteiger partial charge in [-0.25, -0.2) is 0 Å². The Hall–Kier alpha value is -2.43. The van der Waals surface area contributed by atoms with E-state index in [9.17, 15) is 4.79 Å². The van der Waals surface area contributed by atoms with Crippen LogP contribution in [0.1, 0.15) is 22.5 Å². The molecule has 1 atom stereocenters. The highest BCUT2D eigenvalue weighted by Gasteiger charge is 2.29. The molecule has 2 aromatic rings. The van der Waals surface area contributed by atoms with Gasteiger partial charge >= 0.3 is 0 Å². The number of aromatic nitrogens is 2. The Balaban J connectivity index is 1.65. The van der Waals surface area contributed by atoms with Gasteiger partial charge in [0.2, 0.25) is 0 Å². The van der Waals surface area contributed by atoms with Gasteiger partial charge in [0, 0.05) is 37.3 Å². The molecule has 2 aromatic heterocycles. The minimum absolute atomic E-state index is 0.0291. The molecule has 1 aliphatic rings. The molecule has 1 amide bonds. The van der Waals surface area contributed by atoms with E-state index in [4.69, 9.17) is 4.74 Å². The number of aryl methyl sites for hydroxylation is 1. The van der Waals surface area contributed by atoms with Gasteiger partial charge in [0.1, 0.15) is 11.9 Å². The minimum Gasteiger partial charge on any atom is -0.488 e. The van der Waals surface area contributed by atoms with Crippen LogP contribution in [0.4, 0.5) is 0 Å². The molecule has 21 heavy (non-hydrogen) atoms. The first kappa shape index (κ1) is 13.5. The molecular formula is C16H17N3O2. The maximum absolute atomic E-state index is 12.5. The summed E-state index contributed by atoms with van der Waals surface area (Å²) in [6.45, 7) is 3.17. The summed E-state index contributed by atoms with van der Waals surface area (Å²) in [4.78, 5) is 22.4. The molecule has 3 heterocycles. The van der Waals surface area contributed by atoms with Crippen LogP contribution in [0.5, 0.6) is 5.75 Å². The van der Waals surface area contributed by atoms with Gasteiger partial charge in [0.25, 0.3) is 5.91 Å². The first-order chi connectivity index (χ1) is 10.2. The maximum atomic E-state index is 12.5. The molecule has 108 valence electrons. The first-order valence-corrected chi connectivity index (χ1v) is 7.01. The lowest BCUT2D eigenvalue weighted by atomic mass is 10.2. The summed E-state index contributed by atoms with van der Waals surface area (Å²) >= 11 is 0. The fourth-order valence-corrected chi connectivity index (χ4v) is 2.50. The molecule has 0 aromatic carbocycles. The Labute approximate surface area is 123 Å². The summed E-state index contributed by atoms with van der Waals surface area (Å²) in [6.07, 6.45) is 5.98. The highest BCUT2D eigenvalue weighted by atomic mass is 16.5. The zero-order valence-corrected chi connectivity index (χ0v) is 11.9. The second-order valence-electron chi connectivity index (χ2n) is 5.10. The minimum atomic E-state index is 0.0291. The van der Waals surface area contributed by atoms with Gasteiger partial charge in [0.15, 0.2) is 0 Å². The van der Waals surface area contributed by atoms with Crippen LogP contribution in [0.15, 0.2) is 42.9 Å². The number of rotatable bonds is 3. The molecule has 0 unspecified atom stereocenters. The van der Waals surface area contributed by atoms with Crippen molar-refractivity contribution in [2.45, 2.75) is 19.4 Å². The first-order valence-electron chi connectivity index (χ1n) is 7.01. The van der Waals surface area contributed by atoms with Gasteiger partial charge in [-0.3, -0.25) is 14.8 Å². The highest BCUT2D eigenvalue weighted by molar-refractivity contribution is 5.95. The van der Waals surface area contributed by atoms with E-state index in [1.807, 2.05) is 30.0 Å². The van der Waals surface area contributed by atoms with Crippen LogP contribution in [0.2, 0.25) is 0 Å². The summed E-state index contributed by atoms with van der Waals surface area (Å²) in [5.74, 6) is 0.822.